The number of aromatic nitrogens is 2. The molecular formula is C23H26N4O3. The topological polar surface area (TPSA) is 97.1 Å². The van der Waals surface area contributed by atoms with Crippen LogP contribution in [0.1, 0.15) is 48.0 Å². The zero-order chi connectivity index (χ0) is 21.3. The second-order valence-electron chi connectivity index (χ2n) is 7.26. The molecule has 0 atom stereocenters. The number of amides is 2. The average Bonchev–Trinajstić information content (AvgIpc) is 3.25. The van der Waals surface area contributed by atoms with Crippen LogP contribution in [0.2, 0.25) is 0 Å². The molecule has 0 radical (unpaired) electrons. The molecular weight excluding hydrogens is 380 g/mol. The monoisotopic (exact) mass is 406 g/mol. The number of carbonyl (C=O) groups excluding carboxylic acids is 2. The summed E-state index contributed by atoms with van der Waals surface area (Å²) in [4.78, 5) is 28.3. The van der Waals surface area contributed by atoms with Gasteiger partial charge in [0.05, 0.1) is 0 Å². The third kappa shape index (κ3) is 6.01. The smallest absolute Gasteiger partial charge is 0.251 e. The maximum atomic E-state index is 12.0. The lowest BCUT2D eigenvalue weighted by Crippen LogP contribution is -2.34. The average molecular weight is 406 g/mol. The molecule has 156 valence electrons. The first-order valence-corrected chi connectivity index (χ1v) is 10.1. The molecule has 30 heavy (non-hydrogen) atoms. The Labute approximate surface area is 175 Å². The highest BCUT2D eigenvalue weighted by Crippen LogP contribution is 2.20. The fraction of sp³-hybridized carbons (Fsp3) is 0.304. The van der Waals surface area contributed by atoms with Crippen molar-refractivity contribution >= 4 is 11.8 Å². The molecule has 7 nitrogen and oxygen atoms in total. The predicted octanol–water partition coefficient (Wildman–Crippen LogP) is 3.34. The molecule has 3 aromatic rings. The molecule has 0 unspecified atom stereocenters. The Morgan fingerprint density at radius 3 is 2.37 bits per heavy atom. The molecule has 2 aromatic carbocycles. The van der Waals surface area contributed by atoms with Gasteiger partial charge >= 0.3 is 0 Å². The Kier molecular flexibility index (Phi) is 7.32. The van der Waals surface area contributed by atoms with Gasteiger partial charge in [-0.15, -0.1) is 0 Å². The van der Waals surface area contributed by atoms with Gasteiger partial charge in [0.25, 0.3) is 5.91 Å². The van der Waals surface area contributed by atoms with Crippen LogP contribution in [0, 0.1) is 0 Å². The Bertz CT molecular complexity index is 966. The van der Waals surface area contributed by atoms with E-state index >= 15 is 0 Å². The van der Waals surface area contributed by atoms with E-state index in [4.69, 9.17) is 4.52 Å². The molecule has 3 rings (SSSR count). The maximum Gasteiger partial charge on any atom is 0.251 e. The minimum Gasteiger partial charge on any atom is -0.354 e. The van der Waals surface area contributed by atoms with Gasteiger partial charge < -0.3 is 15.2 Å². The van der Waals surface area contributed by atoms with E-state index in [-0.39, 0.29) is 18.2 Å². The first-order valence-electron chi connectivity index (χ1n) is 10.1. The van der Waals surface area contributed by atoms with Crippen LogP contribution in [0.5, 0.6) is 0 Å². The van der Waals surface area contributed by atoms with Crippen molar-refractivity contribution in [2.75, 3.05) is 13.1 Å². The van der Waals surface area contributed by atoms with Gasteiger partial charge in [0.1, 0.15) is 0 Å². The van der Waals surface area contributed by atoms with Crippen molar-refractivity contribution in [3.63, 3.8) is 0 Å². The predicted molar refractivity (Wildman–Crippen MR) is 114 cm³/mol. The molecule has 2 N–H and O–H groups in total. The zero-order valence-corrected chi connectivity index (χ0v) is 17.2. The van der Waals surface area contributed by atoms with Gasteiger partial charge in [0, 0.05) is 37.1 Å². The lowest BCUT2D eigenvalue weighted by Gasteiger charge is -2.06. The number of aryl methyl sites for hydroxylation is 1. The van der Waals surface area contributed by atoms with Crippen molar-refractivity contribution in [3.8, 4) is 11.4 Å². The van der Waals surface area contributed by atoms with Gasteiger partial charge in [-0.25, -0.2) is 0 Å². The number of nitrogens with zero attached hydrogens (tertiary/aromatic N) is 2. The van der Waals surface area contributed by atoms with Gasteiger partial charge in [-0.1, -0.05) is 61.5 Å². The summed E-state index contributed by atoms with van der Waals surface area (Å²) in [5, 5.41) is 9.53. The summed E-state index contributed by atoms with van der Waals surface area (Å²) < 4.78 is 5.26. The first kappa shape index (κ1) is 21.2. The maximum absolute atomic E-state index is 12.0. The molecule has 0 fully saturated rings. The summed E-state index contributed by atoms with van der Waals surface area (Å²) in [5.41, 5.74) is 2.72. The fourth-order valence-electron chi connectivity index (χ4n) is 2.87. The first-order chi connectivity index (χ1) is 14.5. The van der Waals surface area contributed by atoms with E-state index in [0.29, 0.717) is 42.7 Å². The van der Waals surface area contributed by atoms with E-state index in [1.54, 1.807) is 24.3 Å². The van der Waals surface area contributed by atoms with Crippen molar-refractivity contribution in [2.24, 2.45) is 0 Å². The molecule has 0 aliphatic carbocycles. The summed E-state index contributed by atoms with van der Waals surface area (Å²) in [5.74, 6) is 1.11. The normalized spacial score (nSPS) is 10.8. The molecule has 2 amide bonds. The number of nitrogens with one attached hydrogen (secondary N) is 2. The van der Waals surface area contributed by atoms with Crippen LogP contribution in [0.3, 0.4) is 0 Å². The van der Waals surface area contributed by atoms with Crippen LogP contribution in [-0.4, -0.2) is 35.0 Å². The van der Waals surface area contributed by atoms with E-state index < -0.39 is 0 Å². The summed E-state index contributed by atoms with van der Waals surface area (Å²) in [6, 6.07) is 17.0. The second kappa shape index (κ2) is 10.3. The standard InChI is InChI=1S/C23H26N4O3/c1-16(2)17-8-10-18(11-9-17)22-26-21(30-27-22)13-12-20(28)24-14-15-25-23(29)19-6-4-3-5-7-19/h3-11,16H,12-15H2,1-2H3,(H,24,28)(H,25,29). The van der Waals surface area contributed by atoms with E-state index in [9.17, 15) is 9.59 Å². The van der Waals surface area contributed by atoms with E-state index in [2.05, 4.69) is 46.8 Å². The van der Waals surface area contributed by atoms with Gasteiger partial charge in [-0.05, 0) is 23.6 Å². The lowest BCUT2D eigenvalue weighted by molar-refractivity contribution is -0.121. The molecule has 0 aliphatic heterocycles. The molecule has 1 aromatic heterocycles. The summed E-state index contributed by atoms with van der Waals surface area (Å²) >= 11 is 0. The molecule has 1 heterocycles. The minimum absolute atomic E-state index is 0.134. The van der Waals surface area contributed by atoms with Gasteiger partial charge in [-0.3, -0.25) is 9.59 Å². The Balaban J connectivity index is 1.38. The molecule has 0 saturated heterocycles. The Hall–Kier alpha value is -3.48. The molecule has 0 aliphatic rings. The van der Waals surface area contributed by atoms with Gasteiger partial charge in [0.2, 0.25) is 17.6 Å². The number of rotatable bonds is 9. The number of benzene rings is 2. The number of carbonyl (C=O) groups is 2. The number of hydrogen-bond donors (Lipinski definition) is 2. The second-order valence-corrected chi connectivity index (χ2v) is 7.26. The van der Waals surface area contributed by atoms with Crippen molar-refractivity contribution in [1.29, 1.82) is 0 Å². The lowest BCUT2D eigenvalue weighted by atomic mass is 10.0. The minimum atomic E-state index is -0.162. The largest absolute Gasteiger partial charge is 0.354 e. The van der Waals surface area contributed by atoms with E-state index in [0.717, 1.165) is 5.56 Å². The highest BCUT2D eigenvalue weighted by atomic mass is 16.5. The highest BCUT2D eigenvalue weighted by molar-refractivity contribution is 5.94. The summed E-state index contributed by atoms with van der Waals surface area (Å²) in [6.07, 6.45) is 0.597. The van der Waals surface area contributed by atoms with Gasteiger partial charge in [0.15, 0.2) is 0 Å². The molecule has 0 bridgehead atoms. The molecule has 7 heteroatoms. The van der Waals surface area contributed by atoms with Crippen LogP contribution in [0.15, 0.2) is 59.1 Å². The summed E-state index contributed by atoms with van der Waals surface area (Å²) in [7, 11) is 0. The van der Waals surface area contributed by atoms with Crippen molar-refractivity contribution in [2.45, 2.75) is 32.6 Å². The highest BCUT2D eigenvalue weighted by Gasteiger charge is 2.11. The molecule has 0 spiro atoms. The SMILES string of the molecule is CC(C)c1ccc(-c2noc(CCC(=O)NCCNC(=O)c3ccccc3)n2)cc1. The fourth-order valence-corrected chi connectivity index (χ4v) is 2.87. The molecule has 0 saturated carbocycles. The summed E-state index contributed by atoms with van der Waals surface area (Å²) in [6.45, 7) is 5.00. The third-order valence-corrected chi connectivity index (χ3v) is 4.64. The Morgan fingerprint density at radius 2 is 1.67 bits per heavy atom. The zero-order valence-electron chi connectivity index (χ0n) is 17.2. The van der Waals surface area contributed by atoms with Crippen molar-refractivity contribution in [1.82, 2.24) is 20.8 Å². The van der Waals surface area contributed by atoms with E-state index in [1.807, 2.05) is 18.2 Å². The Morgan fingerprint density at radius 1 is 0.967 bits per heavy atom. The van der Waals surface area contributed by atoms with Crippen LogP contribution >= 0.6 is 0 Å². The van der Waals surface area contributed by atoms with Crippen molar-refractivity contribution < 1.29 is 14.1 Å². The van der Waals surface area contributed by atoms with Gasteiger partial charge in [-0.2, -0.15) is 4.98 Å². The number of hydrogen-bond acceptors (Lipinski definition) is 5. The quantitative estimate of drug-likeness (QED) is 0.531. The third-order valence-electron chi connectivity index (χ3n) is 4.64. The van der Waals surface area contributed by atoms with Crippen LogP contribution in [-0.2, 0) is 11.2 Å². The van der Waals surface area contributed by atoms with Crippen LogP contribution in [0.25, 0.3) is 11.4 Å². The van der Waals surface area contributed by atoms with Crippen LogP contribution in [0.4, 0.5) is 0 Å². The van der Waals surface area contributed by atoms with E-state index in [1.165, 1.54) is 5.56 Å². The van der Waals surface area contributed by atoms with Crippen molar-refractivity contribution in [3.05, 3.63) is 71.6 Å². The van der Waals surface area contributed by atoms with Crippen LogP contribution < -0.4 is 10.6 Å².